The zero-order chi connectivity index (χ0) is 19.4. The number of ether oxygens (including phenoxy) is 1. The molecule has 1 fully saturated rings. The number of nitrogens with one attached hydrogen (secondary N) is 1. The van der Waals surface area contributed by atoms with E-state index in [1.807, 2.05) is 12.1 Å². The van der Waals surface area contributed by atoms with Crippen LogP contribution in [0.25, 0.3) is 0 Å². The van der Waals surface area contributed by atoms with Crippen LogP contribution in [0.2, 0.25) is 5.02 Å². The Kier molecular flexibility index (Phi) is 6.04. The predicted molar refractivity (Wildman–Crippen MR) is 106 cm³/mol. The van der Waals surface area contributed by atoms with E-state index in [-0.39, 0.29) is 18.4 Å². The fourth-order valence-corrected chi connectivity index (χ4v) is 4.05. The van der Waals surface area contributed by atoms with E-state index in [1.54, 1.807) is 36.4 Å². The van der Waals surface area contributed by atoms with Gasteiger partial charge in [-0.15, -0.1) is 0 Å². The SMILES string of the molecule is CS(=O)(=O)N1CCC[C@H](C(=O)Nc2ccc(Oc3ccccc3Cl)cc2)C1. The Morgan fingerprint density at radius 3 is 2.56 bits per heavy atom. The quantitative estimate of drug-likeness (QED) is 0.817. The maximum Gasteiger partial charge on any atom is 0.228 e. The molecule has 1 amide bonds. The van der Waals surface area contributed by atoms with E-state index < -0.39 is 10.0 Å². The number of nitrogens with zero attached hydrogens (tertiary/aromatic N) is 1. The lowest BCUT2D eigenvalue weighted by Gasteiger charge is -2.30. The summed E-state index contributed by atoms with van der Waals surface area (Å²) in [7, 11) is -3.28. The van der Waals surface area contributed by atoms with Gasteiger partial charge in [-0.1, -0.05) is 23.7 Å². The van der Waals surface area contributed by atoms with E-state index in [1.165, 1.54) is 10.6 Å². The number of anilines is 1. The van der Waals surface area contributed by atoms with Gasteiger partial charge in [0.1, 0.15) is 11.5 Å². The van der Waals surface area contributed by atoms with Gasteiger partial charge in [-0.25, -0.2) is 12.7 Å². The van der Waals surface area contributed by atoms with Crippen LogP contribution in [0.5, 0.6) is 11.5 Å². The van der Waals surface area contributed by atoms with Crippen LogP contribution in [-0.2, 0) is 14.8 Å². The number of para-hydroxylation sites is 1. The number of hydrogen-bond acceptors (Lipinski definition) is 4. The van der Waals surface area contributed by atoms with Crippen LogP contribution in [0.15, 0.2) is 48.5 Å². The van der Waals surface area contributed by atoms with Crippen molar-refractivity contribution in [3.8, 4) is 11.5 Å². The third-order valence-corrected chi connectivity index (χ3v) is 5.99. The van der Waals surface area contributed by atoms with E-state index in [2.05, 4.69) is 5.32 Å². The van der Waals surface area contributed by atoms with Gasteiger partial charge in [0, 0.05) is 18.8 Å². The number of halogens is 1. The van der Waals surface area contributed by atoms with Crippen molar-refractivity contribution in [2.75, 3.05) is 24.7 Å². The zero-order valence-corrected chi connectivity index (χ0v) is 16.5. The fraction of sp³-hybridized carbons (Fsp3) is 0.316. The number of carbonyl (C=O) groups excluding carboxylic acids is 1. The van der Waals surface area contributed by atoms with Crippen LogP contribution in [-0.4, -0.2) is 38.0 Å². The Morgan fingerprint density at radius 1 is 1.19 bits per heavy atom. The molecule has 1 aliphatic rings. The largest absolute Gasteiger partial charge is 0.456 e. The molecule has 0 bridgehead atoms. The number of benzene rings is 2. The first-order chi connectivity index (χ1) is 12.8. The molecule has 0 aromatic heterocycles. The summed E-state index contributed by atoms with van der Waals surface area (Å²) in [5, 5.41) is 3.36. The summed E-state index contributed by atoms with van der Waals surface area (Å²) in [4.78, 5) is 12.5. The molecule has 1 aliphatic heterocycles. The Bertz CT molecular complexity index is 916. The summed E-state index contributed by atoms with van der Waals surface area (Å²) >= 11 is 6.08. The van der Waals surface area contributed by atoms with Crippen molar-refractivity contribution in [3.63, 3.8) is 0 Å². The lowest BCUT2D eigenvalue weighted by atomic mass is 9.99. The lowest BCUT2D eigenvalue weighted by molar-refractivity contribution is -0.120. The summed E-state index contributed by atoms with van der Waals surface area (Å²) in [6.45, 7) is 0.690. The van der Waals surface area contributed by atoms with Crippen LogP contribution in [0.4, 0.5) is 5.69 Å². The van der Waals surface area contributed by atoms with Gasteiger partial charge in [0.2, 0.25) is 15.9 Å². The fourth-order valence-electron chi connectivity index (χ4n) is 2.96. The third kappa shape index (κ3) is 5.22. The Labute approximate surface area is 164 Å². The Balaban J connectivity index is 1.61. The molecule has 0 unspecified atom stereocenters. The first-order valence-electron chi connectivity index (χ1n) is 8.61. The smallest absolute Gasteiger partial charge is 0.228 e. The van der Waals surface area contributed by atoms with Gasteiger partial charge < -0.3 is 10.1 Å². The van der Waals surface area contributed by atoms with E-state index in [0.717, 1.165) is 0 Å². The number of piperidine rings is 1. The highest BCUT2D eigenvalue weighted by molar-refractivity contribution is 7.88. The summed E-state index contributed by atoms with van der Waals surface area (Å²) in [5.41, 5.74) is 0.628. The average molecular weight is 409 g/mol. The summed E-state index contributed by atoms with van der Waals surface area (Å²) < 4.78 is 30.5. The maximum absolute atomic E-state index is 12.5. The number of carbonyl (C=O) groups is 1. The summed E-state index contributed by atoms with van der Waals surface area (Å²) in [5.74, 6) is 0.622. The molecule has 3 rings (SSSR count). The van der Waals surface area contributed by atoms with Crippen LogP contribution < -0.4 is 10.1 Å². The molecule has 1 atom stereocenters. The second-order valence-electron chi connectivity index (χ2n) is 6.51. The van der Waals surface area contributed by atoms with Crippen molar-refractivity contribution >= 4 is 33.2 Å². The average Bonchev–Trinajstić information content (AvgIpc) is 2.64. The normalized spacial score (nSPS) is 18.1. The second-order valence-corrected chi connectivity index (χ2v) is 8.90. The molecule has 0 radical (unpaired) electrons. The van der Waals surface area contributed by atoms with Crippen LogP contribution in [0.3, 0.4) is 0 Å². The van der Waals surface area contributed by atoms with Gasteiger partial charge in [-0.2, -0.15) is 0 Å². The third-order valence-electron chi connectivity index (χ3n) is 4.41. The van der Waals surface area contributed by atoms with E-state index in [9.17, 15) is 13.2 Å². The molecule has 0 saturated carbocycles. The standard InChI is InChI=1S/C19H21ClN2O4S/c1-27(24,25)22-12-4-5-14(13-22)19(23)21-15-8-10-16(11-9-15)26-18-7-3-2-6-17(18)20/h2-3,6-11,14H,4-5,12-13H2,1H3,(H,21,23)/t14-/m0/s1. The van der Waals surface area contributed by atoms with Gasteiger partial charge in [0.25, 0.3) is 0 Å². The Morgan fingerprint density at radius 2 is 1.89 bits per heavy atom. The minimum atomic E-state index is -3.28. The van der Waals surface area contributed by atoms with E-state index in [0.29, 0.717) is 41.6 Å². The number of rotatable bonds is 5. The van der Waals surface area contributed by atoms with Crippen molar-refractivity contribution in [1.82, 2.24) is 4.31 Å². The maximum atomic E-state index is 12.5. The molecule has 0 spiro atoms. The van der Waals surface area contributed by atoms with Gasteiger partial charge in [0.05, 0.1) is 17.2 Å². The number of hydrogen-bond donors (Lipinski definition) is 1. The van der Waals surface area contributed by atoms with Gasteiger partial charge >= 0.3 is 0 Å². The predicted octanol–water partition coefficient (Wildman–Crippen LogP) is 3.74. The van der Waals surface area contributed by atoms with Crippen molar-refractivity contribution in [3.05, 3.63) is 53.6 Å². The summed E-state index contributed by atoms with van der Waals surface area (Å²) in [6.07, 6.45) is 2.52. The number of sulfonamides is 1. The first-order valence-corrected chi connectivity index (χ1v) is 10.8. The zero-order valence-electron chi connectivity index (χ0n) is 14.9. The molecule has 6 nitrogen and oxygen atoms in total. The summed E-state index contributed by atoms with van der Waals surface area (Å²) in [6, 6.07) is 14.1. The number of amides is 1. The molecule has 2 aromatic carbocycles. The van der Waals surface area contributed by atoms with E-state index >= 15 is 0 Å². The highest BCUT2D eigenvalue weighted by Crippen LogP contribution is 2.29. The van der Waals surface area contributed by atoms with Crippen LogP contribution in [0.1, 0.15) is 12.8 Å². The highest BCUT2D eigenvalue weighted by atomic mass is 35.5. The van der Waals surface area contributed by atoms with Crippen LogP contribution in [0, 0.1) is 5.92 Å². The van der Waals surface area contributed by atoms with Crippen molar-refractivity contribution in [2.45, 2.75) is 12.8 Å². The van der Waals surface area contributed by atoms with E-state index in [4.69, 9.17) is 16.3 Å². The molecular formula is C19H21ClN2O4S. The molecule has 144 valence electrons. The topological polar surface area (TPSA) is 75.7 Å². The van der Waals surface area contributed by atoms with Crippen molar-refractivity contribution in [2.24, 2.45) is 5.92 Å². The lowest BCUT2D eigenvalue weighted by Crippen LogP contribution is -2.43. The van der Waals surface area contributed by atoms with Gasteiger partial charge in [-0.3, -0.25) is 4.79 Å². The molecule has 1 saturated heterocycles. The van der Waals surface area contributed by atoms with Gasteiger partial charge in [0.15, 0.2) is 0 Å². The van der Waals surface area contributed by atoms with Gasteiger partial charge in [-0.05, 0) is 49.2 Å². The van der Waals surface area contributed by atoms with Crippen LogP contribution >= 0.6 is 11.6 Å². The molecule has 1 heterocycles. The molecule has 0 aliphatic carbocycles. The van der Waals surface area contributed by atoms with Crippen molar-refractivity contribution < 1.29 is 17.9 Å². The Hall–Kier alpha value is -2.09. The highest BCUT2D eigenvalue weighted by Gasteiger charge is 2.30. The minimum absolute atomic E-state index is 0.178. The second kappa shape index (κ2) is 8.29. The first kappa shape index (κ1) is 19.7. The van der Waals surface area contributed by atoms with Crippen molar-refractivity contribution in [1.29, 1.82) is 0 Å². The monoisotopic (exact) mass is 408 g/mol. The molecule has 8 heteroatoms. The molecular weight excluding hydrogens is 388 g/mol. The molecule has 2 aromatic rings. The minimum Gasteiger partial charge on any atom is -0.456 e. The molecule has 1 N–H and O–H groups in total. The molecule has 27 heavy (non-hydrogen) atoms.